The lowest BCUT2D eigenvalue weighted by atomic mass is 9.70. The lowest BCUT2D eigenvalue weighted by molar-refractivity contribution is -0.140. The second-order valence-electron chi connectivity index (χ2n) is 10.5. The minimum Gasteiger partial charge on any atom is -0.444 e. The maximum Gasteiger partial charge on any atom is 0.410 e. The number of nitrogens with one attached hydrogen (secondary N) is 3. The van der Waals surface area contributed by atoms with Crippen molar-refractivity contribution in [2.75, 3.05) is 19.6 Å². The van der Waals surface area contributed by atoms with E-state index in [2.05, 4.69) is 16.0 Å². The molecule has 0 saturated carbocycles. The third-order valence-electron chi connectivity index (χ3n) is 6.97. The molecule has 0 aliphatic carbocycles. The van der Waals surface area contributed by atoms with Crippen LogP contribution >= 0.6 is 0 Å². The van der Waals surface area contributed by atoms with Gasteiger partial charge >= 0.3 is 6.09 Å². The summed E-state index contributed by atoms with van der Waals surface area (Å²) < 4.78 is 5.68. The van der Waals surface area contributed by atoms with Crippen LogP contribution in [0, 0.1) is 5.92 Å². The number of piperidine rings is 1. The molecule has 3 aliphatic rings. The van der Waals surface area contributed by atoms with E-state index in [-0.39, 0.29) is 18.7 Å². The standard InChI is InChI=1S/C27H34N4O5/c1-17-19(18-8-6-5-7-9-18)14-21(22-15-28-12-13-31(22)25(35)36-26(2,3)4)30-27(17,16-32)20-10-11-23(33)29-24(20)34/h5-9,14,16,20,22,28,30H,10-13,15H2,1-4H3,(H,29,33,34). The van der Waals surface area contributed by atoms with Crippen LogP contribution in [0.25, 0.3) is 5.57 Å². The molecule has 0 aromatic heterocycles. The quantitative estimate of drug-likeness (QED) is 0.434. The van der Waals surface area contributed by atoms with Crippen LogP contribution in [0.2, 0.25) is 0 Å². The van der Waals surface area contributed by atoms with Crippen LogP contribution in [-0.2, 0) is 19.1 Å². The Hall–Kier alpha value is -3.46. The number of amides is 3. The Bertz CT molecular complexity index is 1120. The third kappa shape index (κ3) is 4.93. The molecule has 3 aliphatic heterocycles. The first-order valence-corrected chi connectivity index (χ1v) is 12.3. The Morgan fingerprint density at radius 3 is 2.56 bits per heavy atom. The average molecular weight is 495 g/mol. The van der Waals surface area contributed by atoms with Crippen molar-refractivity contribution in [3.63, 3.8) is 0 Å². The predicted molar refractivity (Wildman–Crippen MR) is 135 cm³/mol. The van der Waals surface area contributed by atoms with Crippen LogP contribution < -0.4 is 16.0 Å². The summed E-state index contributed by atoms with van der Waals surface area (Å²) in [5.41, 5.74) is 0.975. The van der Waals surface area contributed by atoms with Gasteiger partial charge in [-0.05, 0) is 56.9 Å². The van der Waals surface area contributed by atoms with Crippen LogP contribution in [-0.4, -0.2) is 65.9 Å². The highest BCUT2D eigenvalue weighted by atomic mass is 16.6. The Labute approximate surface area is 211 Å². The van der Waals surface area contributed by atoms with E-state index < -0.39 is 35.1 Å². The molecule has 2 saturated heterocycles. The Kier molecular flexibility index (Phi) is 7.04. The number of benzene rings is 1. The normalized spacial score (nSPS) is 27.1. The first kappa shape index (κ1) is 25.6. The van der Waals surface area contributed by atoms with Crippen molar-refractivity contribution in [1.82, 2.24) is 20.9 Å². The zero-order valence-electron chi connectivity index (χ0n) is 21.2. The number of carbonyl (C=O) groups is 4. The zero-order valence-corrected chi connectivity index (χ0v) is 21.2. The van der Waals surface area contributed by atoms with Gasteiger partial charge in [0.1, 0.15) is 17.4 Å². The maximum atomic E-state index is 13.1. The number of nitrogens with zero attached hydrogens (tertiary/aromatic N) is 1. The monoisotopic (exact) mass is 494 g/mol. The SMILES string of the molecule is CC1=C(c2ccccc2)C=C(C2CNCCN2C(=O)OC(C)(C)C)NC1(C=O)C1CCC(=O)NC1=O. The van der Waals surface area contributed by atoms with Gasteiger partial charge in [-0.25, -0.2) is 4.79 Å². The summed E-state index contributed by atoms with van der Waals surface area (Å²) in [4.78, 5) is 52.6. The lowest BCUT2D eigenvalue weighted by Gasteiger charge is -2.46. The molecular formula is C27H34N4O5. The maximum absolute atomic E-state index is 13.1. The van der Waals surface area contributed by atoms with Gasteiger partial charge in [-0.3, -0.25) is 19.8 Å². The molecule has 1 aromatic rings. The van der Waals surface area contributed by atoms with E-state index in [1.54, 1.807) is 4.90 Å². The summed E-state index contributed by atoms with van der Waals surface area (Å²) >= 11 is 0. The van der Waals surface area contributed by atoms with Gasteiger partial charge in [0, 0.05) is 31.8 Å². The van der Waals surface area contributed by atoms with E-state index in [0.717, 1.165) is 17.4 Å². The molecule has 4 rings (SSSR count). The van der Waals surface area contributed by atoms with E-state index in [9.17, 15) is 19.2 Å². The smallest absolute Gasteiger partial charge is 0.410 e. The van der Waals surface area contributed by atoms with Crippen molar-refractivity contribution in [1.29, 1.82) is 0 Å². The van der Waals surface area contributed by atoms with E-state index in [0.29, 0.717) is 30.9 Å². The Morgan fingerprint density at radius 2 is 1.92 bits per heavy atom. The molecule has 2 fully saturated rings. The Balaban J connectivity index is 1.81. The minimum absolute atomic E-state index is 0.149. The molecule has 3 unspecified atom stereocenters. The fourth-order valence-corrected chi connectivity index (χ4v) is 5.15. The highest BCUT2D eigenvalue weighted by molar-refractivity contribution is 6.02. The topological polar surface area (TPSA) is 117 Å². The third-order valence-corrected chi connectivity index (χ3v) is 6.97. The fourth-order valence-electron chi connectivity index (χ4n) is 5.15. The number of carbonyl (C=O) groups excluding carboxylic acids is 4. The van der Waals surface area contributed by atoms with Gasteiger partial charge in [-0.1, -0.05) is 30.3 Å². The molecule has 0 spiro atoms. The summed E-state index contributed by atoms with van der Waals surface area (Å²) in [5, 5.41) is 9.09. The zero-order chi connectivity index (χ0) is 26.1. The number of hydrogen-bond acceptors (Lipinski definition) is 7. The number of dihydropyridines is 1. The molecule has 9 heteroatoms. The number of hydrogen-bond donors (Lipinski definition) is 3. The van der Waals surface area contributed by atoms with E-state index in [1.807, 2.05) is 64.1 Å². The molecule has 3 heterocycles. The number of piperazine rings is 1. The van der Waals surface area contributed by atoms with Crippen LogP contribution in [0.3, 0.4) is 0 Å². The highest BCUT2D eigenvalue weighted by Crippen LogP contribution is 2.40. The molecule has 3 N–H and O–H groups in total. The first-order chi connectivity index (χ1) is 17.1. The Morgan fingerprint density at radius 1 is 1.19 bits per heavy atom. The number of aldehydes is 1. The molecule has 9 nitrogen and oxygen atoms in total. The van der Waals surface area contributed by atoms with Gasteiger partial charge in [-0.2, -0.15) is 0 Å². The number of rotatable bonds is 4. The predicted octanol–water partition coefficient (Wildman–Crippen LogP) is 2.15. The van der Waals surface area contributed by atoms with Crippen LogP contribution in [0.15, 0.2) is 47.7 Å². The molecule has 192 valence electrons. The van der Waals surface area contributed by atoms with Gasteiger partial charge in [0.15, 0.2) is 0 Å². The second-order valence-corrected chi connectivity index (χ2v) is 10.5. The summed E-state index contributed by atoms with van der Waals surface area (Å²) in [6.07, 6.45) is 2.67. The van der Waals surface area contributed by atoms with Gasteiger partial charge in [0.25, 0.3) is 0 Å². The van der Waals surface area contributed by atoms with Gasteiger partial charge in [0.2, 0.25) is 11.8 Å². The van der Waals surface area contributed by atoms with Gasteiger partial charge in [0.05, 0.1) is 12.0 Å². The van der Waals surface area contributed by atoms with Crippen LogP contribution in [0.1, 0.15) is 46.1 Å². The second kappa shape index (κ2) is 9.89. The van der Waals surface area contributed by atoms with Gasteiger partial charge in [-0.15, -0.1) is 0 Å². The van der Waals surface area contributed by atoms with E-state index in [1.165, 1.54) is 0 Å². The van der Waals surface area contributed by atoms with Crippen molar-refractivity contribution in [3.8, 4) is 0 Å². The number of ether oxygens (including phenoxy) is 1. The fraction of sp³-hybridized carbons (Fsp3) is 0.481. The molecular weight excluding hydrogens is 460 g/mol. The summed E-state index contributed by atoms with van der Waals surface area (Å²) in [7, 11) is 0. The van der Waals surface area contributed by atoms with Crippen LogP contribution in [0.4, 0.5) is 4.79 Å². The number of allylic oxidation sites excluding steroid dienone is 2. The first-order valence-electron chi connectivity index (χ1n) is 12.3. The molecule has 3 atom stereocenters. The van der Waals surface area contributed by atoms with E-state index in [4.69, 9.17) is 4.74 Å². The summed E-state index contributed by atoms with van der Waals surface area (Å²) in [5.74, 6) is -1.62. The molecule has 0 radical (unpaired) electrons. The van der Waals surface area contributed by atoms with Crippen molar-refractivity contribution in [3.05, 3.63) is 53.2 Å². The summed E-state index contributed by atoms with van der Waals surface area (Å²) in [6, 6.07) is 9.18. The minimum atomic E-state index is -1.38. The molecule has 0 bridgehead atoms. The van der Waals surface area contributed by atoms with Crippen molar-refractivity contribution >= 4 is 29.8 Å². The number of imide groups is 1. The lowest BCUT2D eigenvalue weighted by Crippen LogP contribution is -2.65. The highest BCUT2D eigenvalue weighted by Gasteiger charge is 2.50. The van der Waals surface area contributed by atoms with Crippen molar-refractivity contribution in [2.24, 2.45) is 5.92 Å². The largest absolute Gasteiger partial charge is 0.444 e. The summed E-state index contributed by atoms with van der Waals surface area (Å²) in [6.45, 7) is 8.78. The molecule has 36 heavy (non-hydrogen) atoms. The molecule has 3 amide bonds. The van der Waals surface area contributed by atoms with Gasteiger partial charge < -0.3 is 20.2 Å². The van der Waals surface area contributed by atoms with Crippen molar-refractivity contribution in [2.45, 2.75) is 57.7 Å². The average Bonchev–Trinajstić information content (AvgIpc) is 2.84. The van der Waals surface area contributed by atoms with Crippen molar-refractivity contribution < 1.29 is 23.9 Å². The van der Waals surface area contributed by atoms with Crippen LogP contribution in [0.5, 0.6) is 0 Å². The van der Waals surface area contributed by atoms with E-state index >= 15 is 0 Å². The molecule has 1 aromatic carbocycles.